The van der Waals surface area contributed by atoms with Crippen LogP contribution in [0.3, 0.4) is 0 Å². The fourth-order valence-corrected chi connectivity index (χ4v) is 3.28. The van der Waals surface area contributed by atoms with Crippen molar-refractivity contribution in [3.05, 3.63) is 83.1 Å². The molecule has 1 aromatic heterocycles. The number of fused-ring (bicyclic) bond motifs is 2. The second-order valence-corrected chi connectivity index (χ2v) is 7.14. The zero-order valence-electron chi connectivity index (χ0n) is 15.9. The van der Waals surface area contributed by atoms with Crippen LogP contribution in [0.15, 0.2) is 67.0 Å². The Morgan fingerprint density at radius 1 is 1.03 bits per heavy atom. The van der Waals surface area contributed by atoms with Crippen molar-refractivity contribution in [1.82, 2.24) is 15.6 Å². The van der Waals surface area contributed by atoms with Gasteiger partial charge >= 0.3 is 0 Å². The van der Waals surface area contributed by atoms with Crippen LogP contribution < -0.4 is 20.7 Å². The van der Waals surface area contributed by atoms with E-state index >= 15 is 0 Å². The molecule has 0 radical (unpaired) electrons. The Morgan fingerprint density at radius 3 is 2.67 bits per heavy atom. The monoisotopic (exact) mass is 422 g/mol. The van der Waals surface area contributed by atoms with E-state index in [1.54, 1.807) is 36.7 Å². The summed E-state index contributed by atoms with van der Waals surface area (Å²) in [6, 6.07) is 15.3. The predicted octanol–water partition coefficient (Wildman–Crippen LogP) is 3.43. The van der Waals surface area contributed by atoms with E-state index in [9.17, 15) is 9.59 Å². The lowest BCUT2D eigenvalue weighted by Crippen LogP contribution is -2.40. The summed E-state index contributed by atoms with van der Waals surface area (Å²) >= 11 is 6.10. The summed E-state index contributed by atoms with van der Waals surface area (Å²) in [5.74, 6) is 0.491. The average Bonchev–Trinajstić information content (AvgIpc) is 2.93. The number of rotatable bonds is 5. The molecular weight excluding hydrogens is 404 g/mol. The van der Waals surface area contributed by atoms with Crippen LogP contribution in [0.25, 0.3) is 0 Å². The first-order chi connectivity index (χ1) is 14.6. The highest BCUT2D eigenvalue weighted by Gasteiger charge is 2.28. The van der Waals surface area contributed by atoms with Crippen molar-refractivity contribution in [2.75, 3.05) is 11.9 Å². The molecule has 0 fully saturated rings. The van der Waals surface area contributed by atoms with Gasteiger partial charge in [-0.25, -0.2) is 0 Å². The standard InChI is InChI=1S/C22H19ClN4O3/c23-15-5-6-19-17(11-15)27-21(16-3-1-2-4-18(16)30-19)22(29)26-13-20(28)25-12-14-7-9-24-10-8-14/h1-11,21,27H,12-13H2,(H,25,28)(H,26,29). The van der Waals surface area contributed by atoms with Gasteiger partial charge in [0.25, 0.3) is 0 Å². The minimum Gasteiger partial charge on any atom is -0.455 e. The van der Waals surface area contributed by atoms with E-state index in [4.69, 9.17) is 16.3 Å². The smallest absolute Gasteiger partial charge is 0.247 e. The Morgan fingerprint density at radius 2 is 1.83 bits per heavy atom. The van der Waals surface area contributed by atoms with Crippen LogP contribution in [0.5, 0.6) is 11.5 Å². The van der Waals surface area contributed by atoms with Crippen molar-refractivity contribution in [2.45, 2.75) is 12.6 Å². The van der Waals surface area contributed by atoms with Crippen LogP contribution in [-0.2, 0) is 16.1 Å². The Balaban J connectivity index is 1.45. The predicted molar refractivity (Wildman–Crippen MR) is 113 cm³/mol. The molecule has 3 N–H and O–H groups in total. The van der Waals surface area contributed by atoms with E-state index in [1.165, 1.54) is 0 Å². The number of amides is 2. The molecule has 0 bridgehead atoms. The Hall–Kier alpha value is -3.58. The third kappa shape index (κ3) is 4.52. The van der Waals surface area contributed by atoms with E-state index in [1.807, 2.05) is 30.3 Å². The van der Waals surface area contributed by atoms with Crippen molar-refractivity contribution in [3.63, 3.8) is 0 Å². The summed E-state index contributed by atoms with van der Waals surface area (Å²) in [6.45, 7) is 0.217. The van der Waals surface area contributed by atoms with Crippen LogP contribution in [0.2, 0.25) is 5.02 Å². The van der Waals surface area contributed by atoms with Gasteiger partial charge in [-0.15, -0.1) is 0 Å². The molecule has 0 saturated carbocycles. The Bertz CT molecular complexity index is 1070. The lowest BCUT2D eigenvalue weighted by molar-refractivity contribution is -0.126. The van der Waals surface area contributed by atoms with Crippen LogP contribution in [-0.4, -0.2) is 23.3 Å². The number of nitrogens with zero attached hydrogens (tertiary/aromatic N) is 1. The number of para-hydroxylation sites is 1. The molecule has 2 aromatic carbocycles. The molecule has 0 aliphatic carbocycles. The topological polar surface area (TPSA) is 92.4 Å². The fourth-order valence-electron chi connectivity index (χ4n) is 3.11. The Kier molecular flexibility index (Phi) is 5.81. The van der Waals surface area contributed by atoms with Crippen molar-refractivity contribution in [1.29, 1.82) is 0 Å². The number of anilines is 1. The first-order valence-electron chi connectivity index (χ1n) is 9.36. The maximum absolute atomic E-state index is 12.9. The molecule has 0 spiro atoms. The molecule has 30 heavy (non-hydrogen) atoms. The van der Waals surface area contributed by atoms with Gasteiger partial charge in [-0.05, 0) is 42.0 Å². The van der Waals surface area contributed by atoms with Crippen molar-refractivity contribution >= 4 is 29.1 Å². The highest BCUT2D eigenvalue weighted by molar-refractivity contribution is 6.31. The molecule has 7 nitrogen and oxygen atoms in total. The van der Waals surface area contributed by atoms with Crippen LogP contribution in [0.1, 0.15) is 17.2 Å². The number of hydrogen-bond donors (Lipinski definition) is 3. The summed E-state index contributed by atoms with van der Waals surface area (Å²) in [5, 5.41) is 9.15. The first-order valence-corrected chi connectivity index (χ1v) is 9.74. The van der Waals surface area contributed by atoms with E-state index in [2.05, 4.69) is 20.9 Å². The molecule has 3 aromatic rings. The zero-order valence-corrected chi connectivity index (χ0v) is 16.6. The molecule has 2 heterocycles. The molecular formula is C22H19ClN4O3. The maximum Gasteiger partial charge on any atom is 0.247 e. The molecule has 1 unspecified atom stereocenters. The average molecular weight is 423 g/mol. The van der Waals surface area contributed by atoms with Gasteiger partial charge < -0.3 is 20.7 Å². The van der Waals surface area contributed by atoms with Gasteiger partial charge in [0.15, 0.2) is 5.75 Å². The van der Waals surface area contributed by atoms with Crippen LogP contribution in [0.4, 0.5) is 5.69 Å². The third-order valence-corrected chi connectivity index (χ3v) is 4.85. The number of aromatic nitrogens is 1. The molecule has 0 saturated heterocycles. The van der Waals surface area contributed by atoms with Crippen LogP contribution >= 0.6 is 11.6 Å². The summed E-state index contributed by atoms with van der Waals surface area (Å²) < 4.78 is 5.97. The molecule has 1 aliphatic rings. The fraction of sp³-hybridized carbons (Fsp3) is 0.136. The number of pyridine rings is 1. The van der Waals surface area contributed by atoms with Crippen LogP contribution in [0, 0.1) is 0 Å². The van der Waals surface area contributed by atoms with Gasteiger partial charge in [0.1, 0.15) is 11.8 Å². The molecule has 4 rings (SSSR count). The van der Waals surface area contributed by atoms with E-state index in [0.29, 0.717) is 34.3 Å². The second-order valence-electron chi connectivity index (χ2n) is 6.71. The van der Waals surface area contributed by atoms with Gasteiger partial charge in [-0.2, -0.15) is 0 Å². The lowest BCUT2D eigenvalue weighted by atomic mass is 10.0. The van der Waals surface area contributed by atoms with Gasteiger partial charge in [0.2, 0.25) is 11.8 Å². The normalized spacial score (nSPS) is 14.2. The van der Waals surface area contributed by atoms with Crippen molar-refractivity contribution in [3.8, 4) is 11.5 Å². The summed E-state index contributed by atoms with van der Waals surface area (Å²) in [6.07, 6.45) is 3.31. The quantitative estimate of drug-likeness (QED) is 0.586. The van der Waals surface area contributed by atoms with Gasteiger partial charge in [0.05, 0.1) is 12.2 Å². The number of carbonyl (C=O) groups excluding carboxylic acids is 2. The number of benzene rings is 2. The number of hydrogen-bond acceptors (Lipinski definition) is 5. The Labute approximate surface area is 178 Å². The highest BCUT2D eigenvalue weighted by atomic mass is 35.5. The number of nitrogens with one attached hydrogen (secondary N) is 3. The number of ether oxygens (including phenoxy) is 1. The van der Waals surface area contributed by atoms with Gasteiger partial charge in [-0.3, -0.25) is 14.6 Å². The molecule has 8 heteroatoms. The minimum atomic E-state index is -0.742. The number of halogens is 1. The SMILES string of the molecule is O=C(CNC(=O)C1Nc2cc(Cl)ccc2Oc2ccccc21)NCc1ccncc1. The van der Waals surface area contributed by atoms with E-state index in [-0.39, 0.29) is 18.4 Å². The molecule has 1 atom stereocenters. The number of carbonyl (C=O) groups is 2. The first kappa shape index (κ1) is 19.7. The largest absolute Gasteiger partial charge is 0.455 e. The zero-order chi connectivity index (χ0) is 20.9. The third-order valence-electron chi connectivity index (χ3n) is 4.62. The highest BCUT2D eigenvalue weighted by Crippen LogP contribution is 2.41. The van der Waals surface area contributed by atoms with E-state index < -0.39 is 6.04 Å². The summed E-state index contributed by atoms with van der Waals surface area (Å²) in [5.41, 5.74) is 2.19. The lowest BCUT2D eigenvalue weighted by Gasteiger charge is -2.18. The molecule has 1 aliphatic heterocycles. The molecule has 152 valence electrons. The van der Waals surface area contributed by atoms with Crippen molar-refractivity contribution in [2.24, 2.45) is 0 Å². The van der Waals surface area contributed by atoms with Gasteiger partial charge in [-0.1, -0.05) is 29.8 Å². The second kappa shape index (κ2) is 8.84. The maximum atomic E-state index is 12.9. The van der Waals surface area contributed by atoms with Crippen molar-refractivity contribution < 1.29 is 14.3 Å². The van der Waals surface area contributed by atoms with E-state index in [0.717, 1.165) is 5.56 Å². The molecule has 2 amide bonds. The summed E-state index contributed by atoms with van der Waals surface area (Å²) in [4.78, 5) is 29.0. The summed E-state index contributed by atoms with van der Waals surface area (Å²) in [7, 11) is 0. The minimum absolute atomic E-state index is 0.145. The van der Waals surface area contributed by atoms with Gasteiger partial charge in [0, 0.05) is 29.5 Å².